The van der Waals surface area contributed by atoms with Crippen molar-refractivity contribution < 1.29 is 9.18 Å². The van der Waals surface area contributed by atoms with E-state index in [9.17, 15) is 9.18 Å². The van der Waals surface area contributed by atoms with E-state index in [1.807, 2.05) is 4.90 Å². The summed E-state index contributed by atoms with van der Waals surface area (Å²) < 4.78 is 12.9. The molecule has 1 saturated heterocycles. The van der Waals surface area contributed by atoms with Gasteiger partial charge in [0.05, 0.1) is 0 Å². The summed E-state index contributed by atoms with van der Waals surface area (Å²) in [5.74, 6) is -0.266. The number of aryl methyl sites for hydroxylation is 1. The molecular formula is C20H24FN3O. The first-order valence-electron chi connectivity index (χ1n) is 8.77. The van der Waals surface area contributed by atoms with Gasteiger partial charge >= 0.3 is 6.03 Å². The third-order valence-corrected chi connectivity index (χ3v) is 4.63. The second-order valence-electron chi connectivity index (χ2n) is 6.28. The topological polar surface area (TPSA) is 35.6 Å². The predicted molar refractivity (Wildman–Crippen MR) is 98.2 cm³/mol. The van der Waals surface area contributed by atoms with Gasteiger partial charge in [0.15, 0.2) is 0 Å². The molecule has 0 aliphatic carbocycles. The van der Waals surface area contributed by atoms with E-state index in [-0.39, 0.29) is 11.8 Å². The number of hydrogen-bond acceptors (Lipinski definition) is 2. The number of nitrogens with zero attached hydrogens (tertiary/aromatic N) is 2. The molecule has 1 fully saturated rings. The van der Waals surface area contributed by atoms with Crippen molar-refractivity contribution in [1.29, 1.82) is 0 Å². The highest BCUT2D eigenvalue weighted by Gasteiger charge is 2.21. The minimum absolute atomic E-state index is 0.0645. The number of halogens is 1. The van der Waals surface area contributed by atoms with E-state index < -0.39 is 0 Å². The fourth-order valence-corrected chi connectivity index (χ4v) is 3.00. The fraction of sp³-hybridized carbons (Fsp3) is 0.350. The summed E-state index contributed by atoms with van der Waals surface area (Å²) >= 11 is 0. The van der Waals surface area contributed by atoms with E-state index in [4.69, 9.17) is 0 Å². The molecule has 2 amide bonds. The summed E-state index contributed by atoms with van der Waals surface area (Å²) in [5, 5.41) is 2.90. The highest BCUT2D eigenvalue weighted by atomic mass is 19.1. The number of benzene rings is 2. The number of rotatable bonds is 4. The van der Waals surface area contributed by atoms with E-state index in [2.05, 4.69) is 41.4 Å². The van der Waals surface area contributed by atoms with Gasteiger partial charge in [-0.3, -0.25) is 0 Å². The molecule has 0 saturated carbocycles. The minimum Gasteiger partial charge on any atom is -0.368 e. The number of amides is 2. The third kappa shape index (κ3) is 4.50. The van der Waals surface area contributed by atoms with E-state index in [0.717, 1.165) is 25.1 Å². The number of anilines is 1. The molecule has 0 radical (unpaired) electrons. The molecule has 25 heavy (non-hydrogen) atoms. The van der Waals surface area contributed by atoms with Crippen molar-refractivity contribution >= 4 is 11.7 Å². The standard InChI is InChI=1S/C20H24FN3O/c1-2-16-5-9-19(10-6-16)23-11-13-24(14-12-23)20(25)22-15-17-3-7-18(21)8-4-17/h3-10H,2,11-15H2,1H3,(H,22,25). The molecule has 0 aromatic heterocycles. The summed E-state index contributed by atoms with van der Waals surface area (Å²) in [4.78, 5) is 16.4. The van der Waals surface area contributed by atoms with Crippen molar-refractivity contribution in [2.45, 2.75) is 19.9 Å². The van der Waals surface area contributed by atoms with Crippen LogP contribution in [0.3, 0.4) is 0 Å². The number of carbonyl (C=O) groups excluding carboxylic acids is 1. The second-order valence-corrected chi connectivity index (χ2v) is 6.28. The van der Waals surface area contributed by atoms with E-state index in [1.54, 1.807) is 12.1 Å². The minimum atomic E-state index is -0.266. The zero-order valence-corrected chi connectivity index (χ0v) is 14.5. The molecule has 132 valence electrons. The summed E-state index contributed by atoms with van der Waals surface area (Å²) in [6, 6.07) is 14.8. The molecule has 1 aliphatic heterocycles. The third-order valence-electron chi connectivity index (χ3n) is 4.63. The Balaban J connectivity index is 1.47. The Kier molecular flexibility index (Phi) is 5.53. The fourth-order valence-electron chi connectivity index (χ4n) is 3.00. The SMILES string of the molecule is CCc1ccc(N2CCN(C(=O)NCc3ccc(F)cc3)CC2)cc1. The molecule has 3 rings (SSSR count). The van der Waals surface area contributed by atoms with Gasteiger partial charge in [-0.15, -0.1) is 0 Å². The Hall–Kier alpha value is -2.56. The van der Waals surface area contributed by atoms with Crippen LogP contribution in [0.5, 0.6) is 0 Å². The molecule has 0 bridgehead atoms. The zero-order valence-electron chi connectivity index (χ0n) is 14.5. The lowest BCUT2D eigenvalue weighted by atomic mass is 10.1. The molecule has 1 aliphatic rings. The molecule has 0 atom stereocenters. The Morgan fingerprint density at radius 1 is 0.960 bits per heavy atom. The summed E-state index contributed by atoms with van der Waals surface area (Å²) in [5.41, 5.74) is 3.44. The van der Waals surface area contributed by atoms with Gasteiger partial charge in [-0.25, -0.2) is 9.18 Å². The molecule has 2 aromatic carbocycles. The van der Waals surface area contributed by atoms with Crippen LogP contribution in [0.1, 0.15) is 18.1 Å². The first-order chi connectivity index (χ1) is 12.2. The average Bonchev–Trinajstić information content (AvgIpc) is 2.67. The van der Waals surface area contributed by atoms with Crippen LogP contribution < -0.4 is 10.2 Å². The van der Waals surface area contributed by atoms with E-state index >= 15 is 0 Å². The summed E-state index contributed by atoms with van der Waals surface area (Å²) in [6.45, 7) is 5.62. The van der Waals surface area contributed by atoms with Gasteiger partial charge in [0.1, 0.15) is 5.82 Å². The molecule has 1 heterocycles. The van der Waals surface area contributed by atoms with Gasteiger partial charge in [-0.1, -0.05) is 31.2 Å². The number of hydrogen-bond donors (Lipinski definition) is 1. The van der Waals surface area contributed by atoms with Crippen molar-refractivity contribution in [3.8, 4) is 0 Å². The highest BCUT2D eigenvalue weighted by Crippen LogP contribution is 2.17. The summed E-state index contributed by atoms with van der Waals surface area (Å²) in [6.07, 6.45) is 1.04. The van der Waals surface area contributed by atoms with Crippen LogP contribution in [0, 0.1) is 5.82 Å². The van der Waals surface area contributed by atoms with Crippen LogP contribution >= 0.6 is 0 Å². The smallest absolute Gasteiger partial charge is 0.317 e. The first kappa shape index (κ1) is 17.3. The lowest BCUT2D eigenvalue weighted by Crippen LogP contribution is -2.51. The largest absolute Gasteiger partial charge is 0.368 e. The second kappa shape index (κ2) is 8.01. The molecular weight excluding hydrogens is 317 g/mol. The monoisotopic (exact) mass is 341 g/mol. The number of piperazine rings is 1. The lowest BCUT2D eigenvalue weighted by molar-refractivity contribution is 0.194. The molecule has 1 N–H and O–H groups in total. The Bertz CT molecular complexity index is 692. The van der Waals surface area contributed by atoms with Gasteiger partial charge in [-0.2, -0.15) is 0 Å². The normalized spacial score (nSPS) is 14.5. The Labute approximate surface area is 148 Å². The first-order valence-corrected chi connectivity index (χ1v) is 8.77. The van der Waals surface area contributed by atoms with Crippen molar-refractivity contribution in [3.05, 3.63) is 65.5 Å². The van der Waals surface area contributed by atoms with Crippen molar-refractivity contribution in [2.24, 2.45) is 0 Å². The quantitative estimate of drug-likeness (QED) is 0.925. The lowest BCUT2D eigenvalue weighted by Gasteiger charge is -2.36. The summed E-state index contributed by atoms with van der Waals surface area (Å²) in [7, 11) is 0. The van der Waals surface area contributed by atoms with Crippen molar-refractivity contribution in [2.75, 3.05) is 31.1 Å². The number of urea groups is 1. The van der Waals surface area contributed by atoms with Gasteiger partial charge in [-0.05, 0) is 41.8 Å². The Morgan fingerprint density at radius 3 is 2.16 bits per heavy atom. The average molecular weight is 341 g/mol. The van der Waals surface area contributed by atoms with Crippen LogP contribution in [0.2, 0.25) is 0 Å². The van der Waals surface area contributed by atoms with Crippen molar-refractivity contribution in [1.82, 2.24) is 10.2 Å². The van der Waals surface area contributed by atoms with Gasteiger partial charge in [0.25, 0.3) is 0 Å². The number of carbonyl (C=O) groups is 1. The molecule has 5 heteroatoms. The van der Waals surface area contributed by atoms with Crippen LogP contribution in [0.15, 0.2) is 48.5 Å². The molecule has 0 spiro atoms. The molecule has 0 unspecified atom stereocenters. The van der Waals surface area contributed by atoms with Crippen molar-refractivity contribution in [3.63, 3.8) is 0 Å². The van der Waals surface area contributed by atoms with Gasteiger partial charge < -0.3 is 15.1 Å². The van der Waals surface area contributed by atoms with Crippen LogP contribution in [0.25, 0.3) is 0 Å². The van der Waals surface area contributed by atoms with Crippen LogP contribution in [-0.2, 0) is 13.0 Å². The maximum absolute atomic E-state index is 12.9. The van der Waals surface area contributed by atoms with E-state index in [1.165, 1.54) is 23.4 Å². The number of nitrogens with one attached hydrogen (secondary N) is 1. The maximum Gasteiger partial charge on any atom is 0.317 e. The zero-order chi connectivity index (χ0) is 17.6. The Morgan fingerprint density at radius 2 is 1.56 bits per heavy atom. The van der Waals surface area contributed by atoms with Gasteiger partial charge in [0.2, 0.25) is 0 Å². The highest BCUT2D eigenvalue weighted by molar-refractivity contribution is 5.74. The predicted octanol–water partition coefficient (Wildman–Crippen LogP) is 3.42. The molecule has 4 nitrogen and oxygen atoms in total. The van der Waals surface area contributed by atoms with Gasteiger partial charge in [0, 0.05) is 38.4 Å². The van der Waals surface area contributed by atoms with E-state index in [0.29, 0.717) is 19.6 Å². The molecule has 2 aromatic rings. The van der Waals surface area contributed by atoms with Crippen LogP contribution in [-0.4, -0.2) is 37.1 Å². The van der Waals surface area contributed by atoms with Crippen LogP contribution in [0.4, 0.5) is 14.9 Å². The maximum atomic E-state index is 12.9.